The number of rotatable bonds is 2. The van der Waals surface area contributed by atoms with Crippen molar-refractivity contribution in [1.29, 1.82) is 0 Å². The van der Waals surface area contributed by atoms with E-state index in [1.807, 2.05) is 5.38 Å². The Morgan fingerprint density at radius 2 is 2.12 bits per heavy atom. The van der Waals surface area contributed by atoms with Gasteiger partial charge in [-0.1, -0.05) is 20.8 Å². The molecule has 2 aromatic heterocycles. The number of carbonyl (C=O) groups is 1. The zero-order valence-corrected chi connectivity index (χ0v) is 11.5. The minimum atomic E-state index is -0.207. The lowest BCUT2D eigenvalue weighted by molar-refractivity contribution is 0.102. The van der Waals surface area contributed by atoms with Crippen LogP contribution in [0.3, 0.4) is 0 Å². The first-order valence-electron chi connectivity index (χ1n) is 5.12. The molecule has 0 aliphatic carbocycles. The van der Waals surface area contributed by atoms with Crippen LogP contribution in [0.5, 0.6) is 0 Å². The standard InChI is InChI=1S/C11H13N3OS2/c1-11(2,3)8-5-17-10(13-8)14-9(15)7-4-16-6-12-7/h4-6H,1-3H3,(H,13,14,15). The molecule has 1 amide bonds. The molecule has 0 unspecified atom stereocenters. The van der Waals surface area contributed by atoms with Crippen LogP contribution in [0.1, 0.15) is 37.0 Å². The summed E-state index contributed by atoms with van der Waals surface area (Å²) in [5, 5.41) is 7.05. The van der Waals surface area contributed by atoms with Crippen molar-refractivity contribution in [2.45, 2.75) is 26.2 Å². The Hall–Kier alpha value is -1.27. The van der Waals surface area contributed by atoms with E-state index in [-0.39, 0.29) is 11.3 Å². The van der Waals surface area contributed by atoms with Crippen LogP contribution in [-0.2, 0) is 5.41 Å². The number of anilines is 1. The minimum Gasteiger partial charge on any atom is -0.296 e. The Bertz CT molecular complexity index is 511. The van der Waals surface area contributed by atoms with Gasteiger partial charge in [-0.05, 0) is 0 Å². The third kappa shape index (κ3) is 2.89. The maximum Gasteiger partial charge on any atom is 0.276 e. The molecule has 2 aromatic rings. The average molecular weight is 267 g/mol. The van der Waals surface area contributed by atoms with Gasteiger partial charge in [-0.15, -0.1) is 22.7 Å². The van der Waals surface area contributed by atoms with E-state index in [1.165, 1.54) is 22.7 Å². The maximum absolute atomic E-state index is 11.7. The molecule has 1 N–H and O–H groups in total. The zero-order valence-electron chi connectivity index (χ0n) is 9.85. The highest BCUT2D eigenvalue weighted by atomic mass is 32.1. The van der Waals surface area contributed by atoms with Gasteiger partial charge in [-0.2, -0.15) is 0 Å². The number of aromatic nitrogens is 2. The van der Waals surface area contributed by atoms with Crippen molar-refractivity contribution in [1.82, 2.24) is 9.97 Å². The van der Waals surface area contributed by atoms with Gasteiger partial charge in [0.25, 0.3) is 5.91 Å². The summed E-state index contributed by atoms with van der Waals surface area (Å²) in [6.45, 7) is 6.27. The molecule has 2 rings (SSSR count). The highest BCUT2D eigenvalue weighted by Gasteiger charge is 2.18. The van der Waals surface area contributed by atoms with E-state index in [2.05, 4.69) is 36.1 Å². The molecule has 6 heteroatoms. The van der Waals surface area contributed by atoms with Crippen LogP contribution in [0.25, 0.3) is 0 Å². The van der Waals surface area contributed by atoms with E-state index in [0.717, 1.165) is 5.69 Å². The number of hydrogen-bond acceptors (Lipinski definition) is 5. The lowest BCUT2D eigenvalue weighted by Gasteiger charge is -2.14. The van der Waals surface area contributed by atoms with Gasteiger partial charge >= 0.3 is 0 Å². The van der Waals surface area contributed by atoms with E-state index in [0.29, 0.717) is 10.8 Å². The van der Waals surface area contributed by atoms with Crippen molar-refractivity contribution in [3.63, 3.8) is 0 Å². The van der Waals surface area contributed by atoms with Crippen LogP contribution in [0.2, 0.25) is 0 Å². The summed E-state index contributed by atoms with van der Waals surface area (Å²) in [4.78, 5) is 20.1. The second kappa shape index (κ2) is 4.54. The molecule has 0 spiro atoms. The first-order chi connectivity index (χ1) is 7.97. The fourth-order valence-electron chi connectivity index (χ4n) is 1.16. The van der Waals surface area contributed by atoms with Crippen molar-refractivity contribution in [3.8, 4) is 0 Å². The number of carbonyl (C=O) groups excluding carboxylic acids is 1. The Balaban J connectivity index is 2.10. The van der Waals surface area contributed by atoms with Crippen molar-refractivity contribution in [3.05, 3.63) is 27.7 Å². The SMILES string of the molecule is CC(C)(C)c1csc(NC(=O)c2cscn2)n1. The molecule has 0 aromatic carbocycles. The molecule has 0 saturated heterocycles. The number of amides is 1. The molecule has 0 aliphatic rings. The Labute approximate surface area is 108 Å². The summed E-state index contributed by atoms with van der Waals surface area (Å²) >= 11 is 2.83. The number of hydrogen-bond donors (Lipinski definition) is 1. The van der Waals surface area contributed by atoms with Crippen molar-refractivity contribution in [2.75, 3.05) is 5.32 Å². The van der Waals surface area contributed by atoms with Crippen LogP contribution in [0.4, 0.5) is 5.13 Å². The largest absolute Gasteiger partial charge is 0.296 e. The second-order valence-corrected chi connectivity index (χ2v) is 6.19. The summed E-state index contributed by atoms with van der Waals surface area (Å²) in [7, 11) is 0. The van der Waals surface area contributed by atoms with Crippen LogP contribution in [0, 0.1) is 0 Å². The number of nitrogens with one attached hydrogen (secondary N) is 1. The number of nitrogens with zero attached hydrogens (tertiary/aromatic N) is 2. The van der Waals surface area contributed by atoms with Gasteiger partial charge in [-0.3, -0.25) is 10.1 Å². The first-order valence-corrected chi connectivity index (χ1v) is 6.94. The summed E-state index contributed by atoms with van der Waals surface area (Å²) in [6.07, 6.45) is 0. The summed E-state index contributed by atoms with van der Waals surface area (Å²) in [5.41, 5.74) is 3.05. The second-order valence-electron chi connectivity index (χ2n) is 4.62. The average Bonchev–Trinajstić information content (AvgIpc) is 2.85. The van der Waals surface area contributed by atoms with Crippen molar-refractivity contribution < 1.29 is 4.79 Å². The van der Waals surface area contributed by atoms with E-state index in [4.69, 9.17) is 0 Å². The van der Waals surface area contributed by atoms with E-state index >= 15 is 0 Å². The first kappa shape index (κ1) is 12.2. The topological polar surface area (TPSA) is 54.9 Å². The quantitative estimate of drug-likeness (QED) is 0.909. The summed E-state index contributed by atoms with van der Waals surface area (Å²) in [6, 6.07) is 0. The summed E-state index contributed by atoms with van der Waals surface area (Å²) < 4.78 is 0. The van der Waals surface area contributed by atoms with Gasteiger partial charge in [0.2, 0.25) is 0 Å². The number of thiazole rings is 2. The summed E-state index contributed by atoms with van der Waals surface area (Å²) in [5.74, 6) is -0.207. The molecule has 90 valence electrons. The zero-order chi connectivity index (χ0) is 12.5. The third-order valence-electron chi connectivity index (χ3n) is 2.16. The molecule has 0 aliphatic heterocycles. The molecule has 4 nitrogen and oxygen atoms in total. The lowest BCUT2D eigenvalue weighted by Crippen LogP contribution is -2.14. The van der Waals surface area contributed by atoms with Crippen molar-refractivity contribution in [2.24, 2.45) is 0 Å². The van der Waals surface area contributed by atoms with E-state index in [9.17, 15) is 4.79 Å². The molecule has 0 fully saturated rings. The van der Waals surface area contributed by atoms with Gasteiger partial charge in [-0.25, -0.2) is 9.97 Å². The molecular weight excluding hydrogens is 254 g/mol. The van der Waals surface area contributed by atoms with Gasteiger partial charge < -0.3 is 0 Å². The van der Waals surface area contributed by atoms with Gasteiger partial charge in [0.15, 0.2) is 5.13 Å². The highest BCUT2D eigenvalue weighted by molar-refractivity contribution is 7.14. The third-order valence-corrected chi connectivity index (χ3v) is 3.50. The predicted octanol–water partition coefficient (Wildman–Crippen LogP) is 3.15. The van der Waals surface area contributed by atoms with E-state index in [1.54, 1.807) is 10.9 Å². The molecule has 17 heavy (non-hydrogen) atoms. The van der Waals surface area contributed by atoms with Gasteiger partial charge in [0.05, 0.1) is 11.2 Å². The Kier molecular flexibility index (Phi) is 3.26. The van der Waals surface area contributed by atoms with Crippen LogP contribution in [-0.4, -0.2) is 15.9 Å². The monoisotopic (exact) mass is 267 g/mol. The molecule has 0 atom stereocenters. The highest BCUT2D eigenvalue weighted by Crippen LogP contribution is 2.26. The van der Waals surface area contributed by atoms with Crippen LogP contribution >= 0.6 is 22.7 Å². The van der Waals surface area contributed by atoms with Crippen LogP contribution < -0.4 is 5.32 Å². The maximum atomic E-state index is 11.7. The van der Waals surface area contributed by atoms with Crippen molar-refractivity contribution >= 4 is 33.7 Å². The Morgan fingerprint density at radius 3 is 2.65 bits per heavy atom. The van der Waals surface area contributed by atoms with Gasteiger partial charge in [0.1, 0.15) is 5.69 Å². The van der Waals surface area contributed by atoms with Gasteiger partial charge in [0, 0.05) is 16.2 Å². The fourth-order valence-corrected chi connectivity index (χ4v) is 2.63. The molecule has 0 saturated carbocycles. The molecule has 2 heterocycles. The van der Waals surface area contributed by atoms with E-state index < -0.39 is 0 Å². The molecule has 0 radical (unpaired) electrons. The Morgan fingerprint density at radius 1 is 1.35 bits per heavy atom. The normalized spacial score (nSPS) is 11.5. The molecule has 0 bridgehead atoms. The fraction of sp³-hybridized carbons (Fsp3) is 0.364. The van der Waals surface area contributed by atoms with Crippen LogP contribution in [0.15, 0.2) is 16.3 Å². The molecular formula is C11H13N3OS2. The minimum absolute atomic E-state index is 0.000108. The smallest absolute Gasteiger partial charge is 0.276 e. The predicted molar refractivity (Wildman–Crippen MR) is 70.9 cm³/mol. The lowest BCUT2D eigenvalue weighted by atomic mass is 9.93.